The molecule has 11 nitrogen and oxygen atoms in total. The molecular formula is C22H27N7O4S. The molecule has 4 heterocycles. The van der Waals surface area contributed by atoms with Gasteiger partial charge in [0.1, 0.15) is 0 Å². The molecule has 0 aliphatic carbocycles. The zero-order valence-corrected chi connectivity index (χ0v) is 19.7. The van der Waals surface area contributed by atoms with Crippen molar-refractivity contribution in [3.05, 3.63) is 30.5 Å². The number of hydrogen-bond acceptors (Lipinski definition) is 8. The Morgan fingerprint density at radius 1 is 1.06 bits per heavy atom. The second-order valence-electron chi connectivity index (χ2n) is 8.53. The van der Waals surface area contributed by atoms with Gasteiger partial charge in [-0.15, -0.1) is 0 Å². The first kappa shape index (κ1) is 22.7. The number of ether oxygens (including phenoxy) is 1. The highest BCUT2D eigenvalue weighted by Crippen LogP contribution is 2.33. The van der Waals surface area contributed by atoms with Gasteiger partial charge in [0.15, 0.2) is 5.65 Å². The van der Waals surface area contributed by atoms with Gasteiger partial charge in [0.25, 0.3) is 0 Å². The van der Waals surface area contributed by atoms with Gasteiger partial charge in [-0.2, -0.15) is 10.1 Å². The maximum atomic E-state index is 11.9. The minimum absolute atomic E-state index is 0.0509. The quantitative estimate of drug-likeness (QED) is 0.521. The third-order valence-corrected chi connectivity index (χ3v) is 7.66. The Labute approximate surface area is 197 Å². The van der Waals surface area contributed by atoms with Gasteiger partial charge in [-0.3, -0.25) is 4.79 Å². The van der Waals surface area contributed by atoms with Crippen molar-refractivity contribution in [1.29, 1.82) is 0 Å². The number of hydrogen-bond donors (Lipinski definition) is 1. The fourth-order valence-corrected chi connectivity index (χ4v) is 5.39. The highest BCUT2D eigenvalue weighted by Gasteiger charge is 2.28. The number of amides is 1. The summed E-state index contributed by atoms with van der Waals surface area (Å²) < 4.78 is 32.8. The third-order valence-electron chi connectivity index (χ3n) is 6.36. The maximum absolute atomic E-state index is 11.9. The van der Waals surface area contributed by atoms with Crippen LogP contribution in [0.3, 0.4) is 0 Å². The van der Waals surface area contributed by atoms with E-state index in [0.717, 1.165) is 22.3 Å². The second-order valence-corrected chi connectivity index (χ2v) is 10.5. The van der Waals surface area contributed by atoms with Gasteiger partial charge in [-0.25, -0.2) is 22.4 Å². The molecule has 2 aliphatic rings. The highest BCUT2D eigenvalue weighted by atomic mass is 32.2. The van der Waals surface area contributed by atoms with Gasteiger partial charge in [0, 0.05) is 37.4 Å². The van der Waals surface area contributed by atoms with Crippen molar-refractivity contribution in [2.24, 2.45) is 0 Å². The number of piperidine rings is 1. The zero-order chi connectivity index (χ0) is 23.7. The van der Waals surface area contributed by atoms with E-state index in [1.54, 1.807) is 6.20 Å². The highest BCUT2D eigenvalue weighted by molar-refractivity contribution is 7.88. The minimum Gasteiger partial charge on any atom is -0.378 e. The molecule has 0 bridgehead atoms. The number of benzene rings is 1. The molecule has 0 radical (unpaired) electrons. The molecule has 2 aliphatic heterocycles. The monoisotopic (exact) mass is 485 g/mol. The number of rotatable bonds is 6. The molecule has 0 spiro atoms. The number of morpholine rings is 1. The number of nitrogens with one attached hydrogen (secondary N) is 1. The molecule has 0 unspecified atom stereocenters. The predicted molar refractivity (Wildman–Crippen MR) is 128 cm³/mol. The molecule has 34 heavy (non-hydrogen) atoms. The lowest BCUT2D eigenvalue weighted by Gasteiger charge is -2.30. The Morgan fingerprint density at radius 3 is 2.41 bits per heavy atom. The second kappa shape index (κ2) is 9.28. The molecule has 3 aromatic rings. The fourth-order valence-electron chi connectivity index (χ4n) is 4.52. The van der Waals surface area contributed by atoms with Crippen molar-refractivity contribution in [1.82, 2.24) is 24.1 Å². The molecule has 1 amide bonds. The van der Waals surface area contributed by atoms with Crippen LogP contribution < -0.4 is 10.2 Å². The van der Waals surface area contributed by atoms with Gasteiger partial charge < -0.3 is 15.0 Å². The van der Waals surface area contributed by atoms with Gasteiger partial charge in [-0.05, 0) is 25.0 Å². The molecule has 12 heteroatoms. The summed E-state index contributed by atoms with van der Waals surface area (Å²) >= 11 is 0. The normalized spacial score (nSPS) is 18.3. The van der Waals surface area contributed by atoms with Crippen LogP contribution in [0.4, 0.5) is 11.6 Å². The molecule has 2 fully saturated rings. The van der Waals surface area contributed by atoms with E-state index in [1.165, 1.54) is 10.6 Å². The van der Waals surface area contributed by atoms with Crippen LogP contribution in [0.15, 0.2) is 30.5 Å². The van der Waals surface area contributed by atoms with Gasteiger partial charge in [0.05, 0.1) is 42.8 Å². The van der Waals surface area contributed by atoms with E-state index in [1.807, 2.05) is 28.9 Å². The summed E-state index contributed by atoms with van der Waals surface area (Å²) in [5, 5.41) is 8.15. The van der Waals surface area contributed by atoms with E-state index in [2.05, 4.69) is 15.3 Å². The first-order valence-electron chi connectivity index (χ1n) is 11.3. The van der Waals surface area contributed by atoms with E-state index >= 15 is 0 Å². The van der Waals surface area contributed by atoms with Crippen molar-refractivity contribution in [2.45, 2.75) is 18.9 Å². The molecule has 0 saturated carbocycles. The molecule has 5 rings (SSSR count). The average molecular weight is 486 g/mol. The number of fused-ring (bicyclic) bond motifs is 1. The van der Waals surface area contributed by atoms with Crippen molar-refractivity contribution < 1.29 is 17.9 Å². The van der Waals surface area contributed by atoms with Crippen LogP contribution in [0, 0.1) is 0 Å². The van der Waals surface area contributed by atoms with E-state index in [9.17, 15) is 13.2 Å². The van der Waals surface area contributed by atoms with Crippen LogP contribution in [-0.2, 0) is 19.6 Å². The van der Waals surface area contributed by atoms with E-state index in [-0.39, 0.29) is 6.04 Å². The molecular weight excluding hydrogens is 458 g/mol. The number of carbonyl (C=O) groups excluding carboxylic acids is 1. The third kappa shape index (κ3) is 4.48. The summed E-state index contributed by atoms with van der Waals surface area (Å²) in [5.41, 5.74) is 3.10. The summed E-state index contributed by atoms with van der Waals surface area (Å²) in [5.74, 6) is 0.621. The molecule has 1 N–H and O–H groups in total. The number of sulfonamides is 1. The summed E-state index contributed by atoms with van der Waals surface area (Å²) in [7, 11) is -3.20. The number of aromatic nitrogens is 4. The largest absolute Gasteiger partial charge is 0.378 e. The van der Waals surface area contributed by atoms with Gasteiger partial charge in [-0.1, -0.05) is 12.1 Å². The van der Waals surface area contributed by atoms with Crippen LogP contribution in [0.1, 0.15) is 18.9 Å². The lowest BCUT2D eigenvalue weighted by molar-refractivity contribution is -0.105. The topological polar surface area (TPSA) is 123 Å². The molecule has 2 saturated heterocycles. The number of nitrogens with zero attached hydrogens (tertiary/aromatic N) is 6. The first-order chi connectivity index (χ1) is 16.4. The summed E-state index contributed by atoms with van der Waals surface area (Å²) in [4.78, 5) is 22.7. The Kier molecular flexibility index (Phi) is 6.19. The average Bonchev–Trinajstić information content (AvgIpc) is 3.28. The maximum Gasteiger partial charge on any atom is 0.228 e. The van der Waals surface area contributed by atoms with Crippen LogP contribution in [-0.4, -0.2) is 84.5 Å². The van der Waals surface area contributed by atoms with Crippen LogP contribution >= 0.6 is 0 Å². The van der Waals surface area contributed by atoms with Crippen molar-refractivity contribution in [3.63, 3.8) is 0 Å². The van der Waals surface area contributed by atoms with Gasteiger partial charge >= 0.3 is 0 Å². The molecule has 1 aromatic carbocycles. The molecule has 180 valence electrons. The number of anilines is 2. The lowest BCUT2D eigenvalue weighted by Crippen LogP contribution is -2.38. The van der Waals surface area contributed by atoms with E-state index in [4.69, 9.17) is 14.7 Å². The Bertz CT molecular complexity index is 1280. The van der Waals surface area contributed by atoms with Gasteiger partial charge in [0.2, 0.25) is 22.4 Å². The molecule has 0 atom stereocenters. The molecule has 2 aromatic heterocycles. The van der Waals surface area contributed by atoms with Crippen molar-refractivity contribution in [2.75, 3.05) is 55.9 Å². The Morgan fingerprint density at radius 2 is 1.76 bits per heavy atom. The Balaban J connectivity index is 1.55. The van der Waals surface area contributed by atoms with E-state index < -0.39 is 10.0 Å². The minimum atomic E-state index is -3.20. The standard InChI is InChI=1S/C22H27N7O4S/c1-34(31,32)28-8-6-18(7-9-28)29-21-19(14-24-29)20(16-2-4-17(5-3-16)23-15-30)25-22(26-21)27-10-12-33-13-11-27/h2-5,14-15,18H,6-13H2,1H3,(H,23,30). The smallest absolute Gasteiger partial charge is 0.228 e. The zero-order valence-electron chi connectivity index (χ0n) is 18.9. The number of carbonyl (C=O) groups is 1. The summed E-state index contributed by atoms with van der Waals surface area (Å²) in [6, 6.07) is 7.54. The fraction of sp³-hybridized carbons (Fsp3) is 0.455. The van der Waals surface area contributed by atoms with E-state index in [0.29, 0.717) is 70.3 Å². The summed E-state index contributed by atoms with van der Waals surface area (Å²) in [6.45, 7) is 3.56. The van der Waals surface area contributed by atoms with Crippen molar-refractivity contribution in [3.8, 4) is 11.3 Å². The van der Waals surface area contributed by atoms with Crippen LogP contribution in [0.2, 0.25) is 0 Å². The SMILES string of the molecule is CS(=O)(=O)N1CCC(n2ncc3c(-c4ccc(NC=O)cc4)nc(N4CCOCC4)nc32)CC1. The Hall–Kier alpha value is -3.09. The first-order valence-corrected chi connectivity index (χ1v) is 13.1. The van der Waals surface area contributed by atoms with Crippen LogP contribution in [0.25, 0.3) is 22.3 Å². The van der Waals surface area contributed by atoms with Crippen molar-refractivity contribution >= 4 is 39.1 Å². The summed E-state index contributed by atoms with van der Waals surface area (Å²) in [6.07, 6.45) is 5.02. The predicted octanol–water partition coefficient (Wildman–Crippen LogP) is 1.49. The van der Waals surface area contributed by atoms with Crippen LogP contribution in [0.5, 0.6) is 0 Å². The lowest BCUT2D eigenvalue weighted by atomic mass is 10.1.